The number of hydrogen-bond acceptors (Lipinski definition) is 23. The molecule has 0 radical (unpaired) electrons. The van der Waals surface area contributed by atoms with Gasteiger partial charge in [0.2, 0.25) is 0 Å². The summed E-state index contributed by atoms with van der Waals surface area (Å²) in [4.78, 5) is 46.8. The molecule has 0 atom stereocenters. The number of esters is 3. The Morgan fingerprint density at radius 2 is 0.798 bits per heavy atom. The van der Waals surface area contributed by atoms with Gasteiger partial charge in [0.25, 0.3) is 0 Å². The number of aliphatic hydroxyl groups excluding tert-OH is 1. The van der Waals surface area contributed by atoms with Crippen LogP contribution in [0.4, 0.5) is 11.4 Å². The van der Waals surface area contributed by atoms with Gasteiger partial charge in [0, 0.05) is 44.2 Å². The number of sulfone groups is 3. The summed E-state index contributed by atoms with van der Waals surface area (Å²) in [5.41, 5.74) is 20.5. The number of aryl methyl sites for hydroxylation is 3. The molecule has 6 aromatic carbocycles. The zero-order valence-electron chi connectivity index (χ0n) is 50.1. The van der Waals surface area contributed by atoms with Crippen LogP contribution in [0.3, 0.4) is 0 Å². The summed E-state index contributed by atoms with van der Waals surface area (Å²) in [5, 5.41) is 36.5. The summed E-state index contributed by atoms with van der Waals surface area (Å²) in [6.07, 6.45) is 0.985. The zero-order chi connectivity index (χ0) is 64.5. The average Bonchev–Trinajstić information content (AvgIpc) is 2.80. The van der Waals surface area contributed by atoms with Crippen molar-refractivity contribution < 1.29 is 92.8 Å². The minimum absolute atomic E-state index is 0. The van der Waals surface area contributed by atoms with Crippen molar-refractivity contribution in [2.45, 2.75) is 117 Å². The molecule has 3 aliphatic rings. The number of carbonyl (C=O) groups is 4. The van der Waals surface area contributed by atoms with Crippen molar-refractivity contribution >= 4 is 102 Å². The molecular formula is C60H74B3N3O20S3. The first kappa shape index (κ1) is 72.5. The van der Waals surface area contributed by atoms with E-state index in [1.54, 1.807) is 92.7 Å². The molecule has 9 rings (SSSR count). The lowest BCUT2D eigenvalue weighted by Gasteiger charge is -2.13. The highest BCUT2D eigenvalue weighted by Gasteiger charge is 2.32. The van der Waals surface area contributed by atoms with Crippen LogP contribution in [0.15, 0.2) is 124 Å². The smallest absolute Gasteiger partial charge is 0.469 e. The van der Waals surface area contributed by atoms with Gasteiger partial charge in [0.1, 0.15) is 5.78 Å². The Labute approximate surface area is 519 Å². The monoisotopic (exact) mass is 1290 g/mol. The Balaban J connectivity index is 0.000000239. The van der Waals surface area contributed by atoms with Crippen LogP contribution in [-0.4, -0.2) is 118 Å². The fourth-order valence-corrected chi connectivity index (χ4v) is 14.8. The SMILES string of the molecule is CCOC(=O)CCc1cc(CC(C)=O)ccc1S(=O)(=O)Cc1ccc2c(c1)B(O)OC2.CCOC(=O)CCc1cc(N)ccc1S(=O)(=O)Cc1ccc2c(c1)B(O)OC2.CO.COC(=O)CCc1cc(N)ccc1S(=O)(=O)Cc1ccc2c(c1)B(O)OC2.N. The molecule has 0 unspecified atom stereocenters. The average molecular weight is 1290 g/mol. The van der Waals surface area contributed by atoms with Gasteiger partial charge in [-0.15, -0.1) is 0 Å². The Morgan fingerprint density at radius 1 is 0.483 bits per heavy atom. The van der Waals surface area contributed by atoms with Crippen molar-refractivity contribution in [3.8, 4) is 0 Å². The van der Waals surface area contributed by atoms with Crippen LogP contribution in [0.1, 0.15) is 95.7 Å². The molecule has 0 aromatic heterocycles. The van der Waals surface area contributed by atoms with Crippen LogP contribution >= 0.6 is 0 Å². The highest BCUT2D eigenvalue weighted by atomic mass is 32.2. The molecule has 23 nitrogen and oxygen atoms in total. The third-order valence-electron chi connectivity index (χ3n) is 14.1. The number of ketones is 1. The van der Waals surface area contributed by atoms with Crippen LogP contribution in [0.2, 0.25) is 0 Å². The Bertz CT molecular complexity index is 3860. The third-order valence-corrected chi connectivity index (χ3v) is 19.4. The second kappa shape index (κ2) is 33.0. The van der Waals surface area contributed by atoms with Gasteiger partial charge in [0.05, 0.1) is 72.1 Å². The van der Waals surface area contributed by atoms with E-state index in [9.17, 15) is 59.5 Å². The normalized spacial score (nSPS) is 13.0. The van der Waals surface area contributed by atoms with Gasteiger partial charge < -0.3 is 66.0 Å². The molecule has 6 aromatic rings. The number of ether oxygens (including phenoxy) is 3. The second-order valence-electron chi connectivity index (χ2n) is 20.6. The van der Waals surface area contributed by atoms with E-state index < -0.39 is 62.8 Å². The first-order chi connectivity index (χ1) is 41.8. The van der Waals surface area contributed by atoms with Gasteiger partial charge in [-0.05, 0) is 155 Å². The Morgan fingerprint density at radius 3 is 1.12 bits per heavy atom. The summed E-state index contributed by atoms with van der Waals surface area (Å²) in [7, 11) is -11.9. The lowest BCUT2D eigenvalue weighted by Crippen LogP contribution is -2.28. The predicted octanol–water partition coefficient (Wildman–Crippen LogP) is 2.80. The van der Waals surface area contributed by atoms with Crippen molar-refractivity contribution in [2.24, 2.45) is 0 Å². The number of carbonyl (C=O) groups excluding carboxylic acids is 4. The summed E-state index contributed by atoms with van der Waals surface area (Å²) < 4.78 is 108. The number of anilines is 2. The Kier molecular flexibility index (Phi) is 26.9. The van der Waals surface area contributed by atoms with Crippen molar-refractivity contribution in [3.63, 3.8) is 0 Å². The molecule has 0 amide bonds. The van der Waals surface area contributed by atoms with Gasteiger partial charge in [-0.2, -0.15) is 0 Å². The molecule has 3 aliphatic heterocycles. The summed E-state index contributed by atoms with van der Waals surface area (Å²) >= 11 is 0. The number of rotatable bonds is 22. The van der Waals surface area contributed by atoms with Crippen LogP contribution in [0.25, 0.3) is 0 Å². The lowest BCUT2D eigenvalue weighted by molar-refractivity contribution is -0.144. The zero-order valence-corrected chi connectivity index (χ0v) is 52.6. The number of nitrogens with two attached hydrogens (primary N) is 2. The highest BCUT2D eigenvalue weighted by molar-refractivity contribution is 7.91. The van der Waals surface area contributed by atoms with Gasteiger partial charge in [-0.25, -0.2) is 25.3 Å². The molecule has 476 valence electrons. The van der Waals surface area contributed by atoms with Gasteiger partial charge in [-0.1, -0.05) is 66.7 Å². The quantitative estimate of drug-likeness (QED) is 0.0222. The summed E-state index contributed by atoms with van der Waals surface area (Å²) in [5.74, 6) is -1.98. The van der Waals surface area contributed by atoms with Crippen molar-refractivity contribution in [1.29, 1.82) is 0 Å². The van der Waals surface area contributed by atoms with Crippen molar-refractivity contribution in [1.82, 2.24) is 6.15 Å². The summed E-state index contributed by atoms with van der Waals surface area (Å²) in [6, 6.07) is 29.3. The molecule has 0 spiro atoms. The van der Waals surface area contributed by atoms with E-state index in [1.807, 2.05) is 0 Å². The fourth-order valence-electron chi connectivity index (χ4n) is 9.96. The number of fused-ring (bicyclic) bond motifs is 3. The predicted molar refractivity (Wildman–Crippen MR) is 335 cm³/mol. The molecule has 0 fully saturated rings. The maximum atomic E-state index is 13.2. The molecule has 0 saturated carbocycles. The maximum Gasteiger partial charge on any atom is 0.491 e. The van der Waals surface area contributed by atoms with Gasteiger partial charge in [0.15, 0.2) is 29.5 Å². The van der Waals surface area contributed by atoms with Gasteiger partial charge >= 0.3 is 39.3 Å². The van der Waals surface area contributed by atoms with Crippen LogP contribution in [0, 0.1) is 0 Å². The van der Waals surface area contributed by atoms with Crippen molar-refractivity contribution in [2.75, 3.05) is 38.9 Å². The molecule has 3 heterocycles. The lowest BCUT2D eigenvalue weighted by atomic mass is 9.79. The fraction of sp³-hybridized carbons (Fsp3) is 0.333. The molecule has 0 bridgehead atoms. The largest absolute Gasteiger partial charge is 0.491 e. The number of Topliss-reactive ketones (excluding diaryl/α,β-unsaturated/α-hetero) is 1. The van der Waals surface area contributed by atoms with E-state index >= 15 is 0 Å². The van der Waals surface area contributed by atoms with E-state index in [4.69, 9.17) is 40.0 Å². The molecule has 0 aliphatic carbocycles. The van der Waals surface area contributed by atoms with E-state index in [0.29, 0.717) is 86.5 Å². The molecule has 11 N–H and O–H groups in total. The summed E-state index contributed by atoms with van der Waals surface area (Å²) in [6.45, 7) is 6.32. The minimum atomic E-state index is -3.74. The van der Waals surface area contributed by atoms with E-state index in [0.717, 1.165) is 23.8 Å². The molecular weight excluding hydrogens is 1210 g/mol. The van der Waals surface area contributed by atoms with E-state index in [1.165, 1.54) is 44.4 Å². The number of benzene rings is 6. The van der Waals surface area contributed by atoms with E-state index in [-0.39, 0.29) is 108 Å². The third kappa shape index (κ3) is 20.1. The molecule has 89 heavy (non-hydrogen) atoms. The topological polar surface area (TPSA) is 394 Å². The standard InChI is InChI=1S/C22H25BO7S.C19H22BNO6S.C18H20BNO6S.CH4O.H3N/c1-3-29-22(25)9-7-18-11-16(10-15(2)24)5-8-21(18)31(27,28)14-17-4-6-19-13-30-23(26)20(19)12-17;1-2-26-19(22)8-5-14-10-16(21)6-7-18(14)28(24,25)12-13-3-4-15-11-27-20(23)17(15)9-13;1-25-18(21)7-4-13-9-15(20)5-6-17(13)27(23,24)11-12-2-3-14-10-26-19(22)16(14)8-12;1-2;/h4-6,8,11-12,26H,3,7,9-10,13-14H2,1-2H3;3-4,6-7,9-10,23H,2,5,8,11-12,21H2,1H3;2-3,5-6,8-9,22H,4,7,10-11,20H2,1H3;2H,1H3;1H3. The minimum Gasteiger partial charge on any atom is -0.469 e. The van der Waals surface area contributed by atoms with Gasteiger partial charge in [-0.3, -0.25) is 19.2 Å². The number of hydrogen-bond donors (Lipinski definition) is 7. The molecule has 29 heteroatoms. The maximum absolute atomic E-state index is 13.2. The van der Waals surface area contributed by atoms with Crippen LogP contribution in [0.5, 0.6) is 0 Å². The second-order valence-corrected chi connectivity index (χ2v) is 26.5. The number of methoxy groups -OCH3 is 1. The van der Waals surface area contributed by atoms with Crippen LogP contribution < -0.4 is 34.0 Å². The molecule has 0 saturated heterocycles. The first-order valence-corrected chi connectivity index (χ1v) is 32.9. The van der Waals surface area contributed by atoms with Crippen LogP contribution in [-0.2, 0) is 140 Å². The number of nitrogen functional groups attached to an aromatic ring is 2. The van der Waals surface area contributed by atoms with E-state index in [2.05, 4.69) is 4.74 Å². The van der Waals surface area contributed by atoms with Crippen molar-refractivity contribution in [3.05, 3.63) is 165 Å². The highest BCUT2D eigenvalue weighted by Crippen LogP contribution is 2.29. The first-order valence-electron chi connectivity index (χ1n) is 27.9. The number of aliphatic hydroxyl groups is 1. The Hall–Kier alpha value is -7.28.